The molecule has 0 aliphatic carbocycles. The quantitative estimate of drug-likeness (QED) is 0.804. The van der Waals surface area contributed by atoms with Gasteiger partial charge in [0.25, 0.3) is 0 Å². The number of amides is 1. The highest BCUT2D eigenvalue weighted by Gasteiger charge is 2.26. The van der Waals surface area contributed by atoms with Gasteiger partial charge in [0.05, 0.1) is 11.6 Å². The smallest absolute Gasteiger partial charge is 0.245 e. The molecule has 1 aliphatic rings. The van der Waals surface area contributed by atoms with E-state index in [-0.39, 0.29) is 11.9 Å². The summed E-state index contributed by atoms with van der Waals surface area (Å²) in [6, 6.07) is 9.78. The number of carbonyl (C=O) groups excluding carboxylic acids is 1. The number of nitrogens with one attached hydrogen (secondary N) is 1. The van der Waals surface area contributed by atoms with Crippen LogP contribution < -0.4 is 5.32 Å². The van der Waals surface area contributed by atoms with Gasteiger partial charge in [0.2, 0.25) is 5.91 Å². The lowest BCUT2D eigenvalue weighted by atomic mass is 10.1. The number of fused-ring (bicyclic) bond motifs is 2. The Morgan fingerprint density at radius 2 is 1.92 bits per heavy atom. The molecule has 1 aromatic carbocycles. The number of hydrogen-bond acceptors (Lipinski definition) is 4. The van der Waals surface area contributed by atoms with E-state index in [1.54, 1.807) is 17.1 Å². The number of benzene rings is 1. The van der Waals surface area contributed by atoms with Gasteiger partial charge in [-0.2, -0.15) is 5.10 Å². The molecule has 6 heteroatoms. The first kappa shape index (κ1) is 14.7. The van der Waals surface area contributed by atoms with Crippen molar-refractivity contribution in [3.8, 4) is 0 Å². The normalized spacial score (nSPS) is 14.7. The number of anilines is 1. The molecule has 3 aromatic rings. The zero-order chi connectivity index (χ0) is 16.7. The van der Waals surface area contributed by atoms with E-state index in [1.165, 1.54) is 11.1 Å². The summed E-state index contributed by atoms with van der Waals surface area (Å²) in [5.74, 6) is 0.0973. The number of rotatable bonds is 3. The van der Waals surface area contributed by atoms with Gasteiger partial charge < -0.3 is 10.2 Å². The second-order valence-corrected chi connectivity index (χ2v) is 6.19. The predicted molar refractivity (Wildman–Crippen MR) is 92.3 cm³/mol. The van der Waals surface area contributed by atoms with E-state index in [9.17, 15) is 4.79 Å². The van der Waals surface area contributed by atoms with Crippen LogP contribution in [0.1, 0.15) is 18.1 Å². The molecule has 24 heavy (non-hydrogen) atoms. The molecule has 1 aliphatic heterocycles. The summed E-state index contributed by atoms with van der Waals surface area (Å²) in [5, 5.41) is 8.47. The molecule has 3 heterocycles. The third kappa shape index (κ3) is 2.40. The summed E-state index contributed by atoms with van der Waals surface area (Å²) in [6.07, 6.45) is 3.50. The Bertz CT molecular complexity index is 892. The molecule has 4 rings (SSSR count). The summed E-state index contributed by atoms with van der Waals surface area (Å²) in [6.45, 7) is 3.26. The van der Waals surface area contributed by atoms with Crippen molar-refractivity contribution < 1.29 is 4.79 Å². The van der Waals surface area contributed by atoms with Crippen molar-refractivity contribution in [1.82, 2.24) is 19.7 Å². The molecule has 2 aromatic heterocycles. The SMILES string of the molecule is C[C@@H](Nc1ccnc2c1cnn2C)C(=O)N1Cc2ccccc2C1. The van der Waals surface area contributed by atoms with Crippen LogP contribution in [0, 0.1) is 0 Å². The highest BCUT2D eigenvalue weighted by Crippen LogP contribution is 2.25. The van der Waals surface area contributed by atoms with Gasteiger partial charge >= 0.3 is 0 Å². The van der Waals surface area contributed by atoms with Crippen LogP contribution in [0.3, 0.4) is 0 Å². The van der Waals surface area contributed by atoms with Gasteiger partial charge in [-0.15, -0.1) is 0 Å². The van der Waals surface area contributed by atoms with Gasteiger partial charge in [-0.05, 0) is 24.1 Å². The largest absolute Gasteiger partial charge is 0.373 e. The van der Waals surface area contributed by atoms with Crippen molar-refractivity contribution in [2.75, 3.05) is 5.32 Å². The maximum atomic E-state index is 12.8. The van der Waals surface area contributed by atoms with E-state index in [2.05, 4.69) is 27.5 Å². The number of hydrogen-bond donors (Lipinski definition) is 1. The minimum absolute atomic E-state index is 0.0973. The van der Waals surface area contributed by atoms with E-state index >= 15 is 0 Å². The third-order valence-corrected chi connectivity index (χ3v) is 4.53. The zero-order valence-electron chi connectivity index (χ0n) is 13.7. The van der Waals surface area contributed by atoms with Crippen LogP contribution in [0.25, 0.3) is 11.0 Å². The molecule has 6 nitrogen and oxygen atoms in total. The van der Waals surface area contributed by atoms with Crippen LogP contribution in [0.15, 0.2) is 42.7 Å². The van der Waals surface area contributed by atoms with Crippen molar-refractivity contribution in [2.24, 2.45) is 7.05 Å². The summed E-state index contributed by atoms with van der Waals surface area (Å²) in [7, 11) is 1.86. The van der Waals surface area contributed by atoms with E-state index in [0.29, 0.717) is 13.1 Å². The number of carbonyl (C=O) groups is 1. The van der Waals surface area contributed by atoms with Crippen LogP contribution in [-0.2, 0) is 24.9 Å². The van der Waals surface area contributed by atoms with Gasteiger partial charge in [0, 0.05) is 32.0 Å². The Kier molecular flexibility index (Phi) is 3.45. The maximum absolute atomic E-state index is 12.8. The van der Waals surface area contributed by atoms with Gasteiger partial charge in [-0.3, -0.25) is 9.48 Å². The minimum atomic E-state index is -0.315. The second kappa shape index (κ2) is 5.63. The van der Waals surface area contributed by atoms with Gasteiger partial charge in [-0.25, -0.2) is 4.98 Å². The van der Waals surface area contributed by atoms with Crippen LogP contribution in [0.2, 0.25) is 0 Å². The molecule has 1 N–H and O–H groups in total. The first-order valence-corrected chi connectivity index (χ1v) is 8.02. The highest BCUT2D eigenvalue weighted by molar-refractivity contribution is 5.92. The van der Waals surface area contributed by atoms with Gasteiger partial charge in [0.1, 0.15) is 6.04 Å². The van der Waals surface area contributed by atoms with E-state index in [1.807, 2.05) is 37.1 Å². The Morgan fingerprint density at radius 3 is 2.62 bits per heavy atom. The lowest BCUT2D eigenvalue weighted by molar-refractivity contribution is -0.132. The predicted octanol–water partition coefficient (Wildman–Crippen LogP) is 2.31. The van der Waals surface area contributed by atoms with E-state index in [0.717, 1.165) is 16.7 Å². The van der Waals surface area contributed by atoms with Crippen molar-refractivity contribution >= 4 is 22.6 Å². The van der Waals surface area contributed by atoms with Crippen molar-refractivity contribution in [3.63, 3.8) is 0 Å². The first-order valence-electron chi connectivity index (χ1n) is 8.02. The second-order valence-electron chi connectivity index (χ2n) is 6.19. The Labute approximate surface area is 140 Å². The van der Waals surface area contributed by atoms with Crippen LogP contribution in [-0.4, -0.2) is 31.6 Å². The van der Waals surface area contributed by atoms with Gasteiger partial charge in [-0.1, -0.05) is 24.3 Å². The Hall–Kier alpha value is -2.89. The zero-order valence-corrected chi connectivity index (χ0v) is 13.7. The minimum Gasteiger partial charge on any atom is -0.373 e. The fourth-order valence-electron chi connectivity index (χ4n) is 3.23. The van der Waals surface area contributed by atoms with E-state index in [4.69, 9.17) is 0 Å². The monoisotopic (exact) mass is 321 g/mol. The van der Waals surface area contributed by atoms with Crippen LogP contribution >= 0.6 is 0 Å². The summed E-state index contributed by atoms with van der Waals surface area (Å²) in [4.78, 5) is 19.0. The Morgan fingerprint density at radius 1 is 1.21 bits per heavy atom. The average Bonchev–Trinajstić information content (AvgIpc) is 3.19. The summed E-state index contributed by atoms with van der Waals surface area (Å²) >= 11 is 0. The molecular formula is C18H19N5O. The maximum Gasteiger partial charge on any atom is 0.245 e. The topological polar surface area (TPSA) is 63.1 Å². The molecule has 0 fully saturated rings. The van der Waals surface area contributed by atoms with Crippen LogP contribution in [0.5, 0.6) is 0 Å². The molecule has 0 saturated carbocycles. The van der Waals surface area contributed by atoms with Crippen molar-refractivity contribution in [2.45, 2.75) is 26.1 Å². The van der Waals surface area contributed by atoms with Crippen LogP contribution in [0.4, 0.5) is 5.69 Å². The lowest BCUT2D eigenvalue weighted by Gasteiger charge is -2.22. The molecule has 0 bridgehead atoms. The lowest BCUT2D eigenvalue weighted by Crippen LogP contribution is -2.38. The molecule has 1 atom stereocenters. The molecule has 122 valence electrons. The third-order valence-electron chi connectivity index (χ3n) is 4.53. The molecule has 0 saturated heterocycles. The number of nitrogens with zero attached hydrogens (tertiary/aromatic N) is 4. The van der Waals surface area contributed by atoms with Crippen molar-refractivity contribution in [1.29, 1.82) is 0 Å². The molecular weight excluding hydrogens is 302 g/mol. The fraction of sp³-hybridized carbons (Fsp3) is 0.278. The Balaban J connectivity index is 1.52. The number of aromatic nitrogens is 3. The number of aryl methyl sites for hydroxylation is 1. The van der Waals surface area contributed by atoms with Crippen molar-refractivity contribution in [3.05, 3.63) is 53.9 Å². The standard InChI is InChI=1S/C18H19N5O/c1-12(18(24)23-10-13-5-3-4-6-14(13)11-23)21-16-7-8-19-17-15(16)9-20-22(17)2/h3-9,12H,10-11H2,1-2H3,(H,19,21)/t12-/m1/s1. The molecule has 0 unspecified atom stereocenters. The molecule has 0 radical (unpaired) electrons. The summed E-state index contributed by atoms with van der Waals surface area (Å²) in [5.41, 5.74) is 4.15. The molecule has 1 amide bonds. The number of pyridine rings is 1. The average molecular weight is 321 g/mol. The summed E-state index contributed by atoms with van der Waals surface area (Å²) < 4.78 is 1.73. The fourth-order valence-corrected chi connectivity index (χ4v) is 3.23. The van der Waals surface area contributed by atoms with E-state index < -0.39 is 0 Å². The van der Waals surface area contributed by atoms with Gasteiger partial charge in [0.15, 0.2) is 5.65 Å². The highest BCUT2D eigenvalue weighted by atomic mass is 16.2. The first-order chi connectivity index (χ1) is 11.6. The molecule has 0 spiro atoms.